The molecule has 2 aromatic heterocycles. The normalized spacial score (nSPS) is 16.5. The SMILES string of the molecule is Cc1nc(NCCN2CC=C(C(C)(C)C)CC2)c2cnn(C)c2n1. The first-order valence-corrected chi connectivity index (χ1v) is 8.66. The molecule has 0 atom stereocenters. The lowest BCUT2D eigenvalue weighted by Gasteiger charge is -2.32. The largest absolute Gasteiger partial charge is 0.368 e. The van der Waals surface area contributed by atoms with E-state index in [1.165, 1.54) is 6.42 Å². The van der Waals surface area contributed by atoms with E-state index in [1.54, 1.807) is 10.3 Å². The number of hydrogen-bond donors (Lipinski definition) is 1. The predicted octanol–water partition coefficient (Wildman–Crippen LogP) is 2.76. The molecular weight excluding hydrogens is 300 g/mol. The fourth-order valence-electron chi connectivity index (χ4n) is 3.19. The minimum atomic E-state index is 0.300. The zero-order chi connectivity index (χ0) is 17.3. The molecule has 1 aliphatic heterocycles. The Morgan fingerprint density at radius 3 is 2.71 bits per heavy atom. The smallest absolute Gasteiger partial charge is 0.163 e. The average Bonchev–Trinajstić information content (AvgIpc) is 2.88. The van der Waals surface area contributed by atoms with Crippen molar-refractivity contribution in [1.29, 1.82) is 0 Å². The Kier molecular flexibility index (Phi) is 4.58. The molecule has 0 aromatic carbocycles. The van der Waals surface area contributed by atoms with Crippen LogP contribution in [0.4, 0.5) is 5.82 Å². The molecule has 0 bridgehead atoms. The summed E-state index contributed by atoms with van der Waals surface area (Å²) in [5.74, 6) is 1.65. The fourth-order valence-corrected chi connectivity index (χ4v) is 3.19. The number of nitrogens with zero attached hydrogens (tertiary/aromatic N) is 5. The van der Waals surface area contributed by atoms with Crippen LogP contribution >= 0.6 is 0 Å². The Morgan fingerprint density at radius 2 is 2.04 bits per heavy atom. The molecule has 1 N–H and O–H groups in total. The number of nitrogens with one attached hydrogen (secondary N) is 1. The highest BCUT2D eigenvalue weighted by Gasteiger charge is 2.21. The van der Waals surface area contributed by atoms with Gasteiger partial charge in [-0.1, -0.05) is 32.4 Å². The van der Waals surface area contributed by atoms with E-state index >= 15 is 0 Å². The van der Waals surface area contributed by atoms with Gasteiger partial charge in [-0.25, -0.2) is 9.97 Å². The van der Waals surface area contributed by atoms with Crippen molar-refractivity contribution in [2.75, 3.05) is 31.5 Å². The maximum absolute atomic E-state index is 4.54. The molecular formula is C18H28N6. The lowest BCUT2D eigenvalue weighted by atomic mass is 9.83. The summed E-state index contributed by atoms with van der Waals surface area (Å²) < 4.78 is 1.79. The first-order valence-electron chi connectivity index (χ1n) is 8.66. The van der Waals surface area contributed by atoms with Gasteiger partial charge in [-0.3, -0.25) is 9.58 Å². The third-order valence-corrected chi connectivity index (χ3v) is 4.68. The highest BCUT2D eigenvalue weighted by molar-refractivity contribution is 5.86. The first-order chi connectivity index (χ1) is 11.3. The van der Waals surface area contributed by atoms with E-state index in [0.29, 0.717) is 5.41 Å². The Labute approximate surface area is 144 Å². The molecule has 3 rings (SSSR count). The number of anilines is 1. The third-order valence-electron chi connectivity index (χ3n) is 4.68. The molecule has 2 aromatic rings. The van der Waals surface area contributed by atoms with E-state index in [1.807, 2.05) is 20.2 Å². The van der Waals surface area contributed by atoms with Crippen LogP contribution in [0.5, 0.6) is 0 Å². The molecule has 1 aliphatic rings. The molecule has 0 fully saturated rings. The second-order valence-corrected chi connectivity index (χ2v) is 7.58. The molecule has 0 unspecified atom stereocenters. The van der Waals surface area contributed by atoms with Crippen molar-refractivity contribution in [3.8, 4) is 0 Å². The van der Waals surface area contributed by atoms with Gasteiger partial charge in [0.05, 0.1) is 11.6 Å². The number of aryl methyl sites for hydroxylation is 2. The summed E-state index contributed by atoms with van der Waals surface area (Å²) >= 11 is 0. The third kappa shape index (κ3) is 3.59. The van der Waals surface area contributed by atoms with Crippen molar-refractivity contribution in [3.63, 3.8) is 0 Å². The minimum Gasteiger partial charge on any atom is -0.368 e. The van der Waals surface area contributed by atoms with Crippen LogP contribution in [0.2, 0.25) is 0 Å². The van der Waals surface area contributed by atoms with Gasteiger partial charge in [0.1, 0.15) is 11.6 Å². The van der Waals surface area contributed by atoms with Crippen LogP contribution < -0.4 is 5.32 Å². The summed E-state index contributed by atoms with van der Waals surface area (Å²) in [6.45, 7) is 12.9. The fraction of sp³-hybridized carbons (Fsp3) is 0.611. The molecule has 0 aliphatic carbocycles. The molecule has 6 heteroatoms. The summed E-state index contributed by atoms with van der Waals surface area (Å²) in [6, 6.07) is 0. The molecule has 0 saturated carbocycles. The topological polar surface area (TPSA) is 58.9 Å². The lowest BCUT2D eigenvalue weighted by molar-refractivity contribution is 0.288. The van der Waals surface area contributed by atoms with E-state index < -0.39 is 0 Å². The molecule has 24 heavy (non-hydrogen) atoms. The van der Waals surface area contributed by atoms with Crippen molar-refractivity contribution in [3.05, 3.63) is 23.7 Å². The van der Waals surface area contributed by atoms with Crippen molar-refractivity contribution in [2.24, 2.45) is 12.5 Å². The van der Waals surface area contributed by atoms with E-state index in [4.69, 9.17) is 0 Å². The van der Waals surface area contributed by atoms with Gasteiger partial charge in [-0.15, -0.1) is 0 Å². The molecule has 3 heterocycles. The van der Waals surface area contributed by atoms with Crippen LogP contribution in [0.25, 0.3) is 11.0 Å². The predicted molar refractivity (Wildman–Crippen MR) is 98.1 cm³/mol. The van der Waals surface area contributed by atoms with Crippen molar-refractivity contribution in [1.82, 2.24) is 24.6 Å². The number of hydrogen-bond acceptors (Lipinski definition) is 5. The van der Waals surface area contributed by atoms with Crippen molar-refractivity contribution < 1.29 is 0 Å². The van der Waals surface area contributed by atoms with Crippen LogP contribution in [0, 0.1) is 12.3 Å². The van der Waals surface area contributed by atoms with Crippen LogP contribution in [0.15, 0.2) is 17.8 Å². The van der Waals surface area contributed by atoms with Gasteiger partial charge in [-0.05, 0) is 18.8 Å². The number of rotatable bonds is 4. The van der Waals surface area contributed by atoms with E-state index in [9.17, 15) is 0 Å². The zero-order valence-electron chi connectivity index (χ0n) is 15.4. The Morgan fingerprint density at radius 1 is 1.25 bits per heavy atom. The Bertz CT molecular complexity index is 753. The van der Waals surface area contributed by atoms with E-state index in [2.05, 4.69) is 52.1 Å². The molecule has 0 spiro atoms. The van der Waals surface area contributed by atoms with Crippen molar-refractivity contribution in [2.45, 2.75) is 34.1 Å². The summed E-state index contributed by atoms with van der Waals surface area (Å²) in [7, 11) is 1.91. The zero-order valence-corrected chi connectivity index (χ0v) is 15.4. The molecule has 0 amide bonds. The molecule has 6 nitrogen and oxygen atoms in total. The van der Waals surface area contributed by atoms with Gasteiger partial charge in [0, 0.05) is 33.2 Å². The Hall–Kier alpha value is -1.95. The highest BCUT2D eigenvalue weighted by Crippen LogP contribution is 2.29. The maximum Gasteiger partial charge on any atom is 0.163 e. The molecule has 0 saturated heterocycles. The second-order valence-electron chi connectivity index (χ2n) is 7.58. The van der Waals surface area contributed by atoms with Gasteiger partial charge in [0.25, 0.3) is 0 Å². The Balaban J connectivity index is 1.59. The summed E-state index contributed by atoms with van der Waals surface area (Å²) in [4.78, 5) is 11.5. The van der Waals surface area contributed by atoms with Crippen LogP contribution in [0.3, 0.4) is 0 Å². The average molecular weight is 328 g/mol. The minimum absolute atomic E-state index is 0.300. The van der Waals surface area contributed by atoms with Crippen molar-refractivity contribution >= 4 is 16.9 Å². The van der Waals surface area contributed by atoms with Crippen LogP contribution in [-0.4, -0.2) is 50.8 Å². The molecule has 0 radical (unpaired) electrons. The van der Waals surface area contributed by atoms with Gasteiger partial charge in [0.2, 0.25) is 0 Å². The monoisotopic (exact) mass is 328 g/mol. The van der Waals surface area contributed by atoms with Gasteiger partial charge >= 0.3 is 0 Å². The van der Waals surface area contributed by atoms with Gasteiger partial charge < -0.3 is 5.32 Å². The van der Waals surface area contributed by atoms with Crippen LogP contribution in [0.1, 0.15) is 33.0 Å². The summed E-state index contributed by atoms with van der Waals surface area (Å²) in [6.07, 6.45) is 5.40. The standard InChI is InChI=1S/C18H28N6/c1-13-21-16(15-12-20-23(5)17(15)22-13)19-8-11-24-9-6-14(7-10-24)18(2,3)4/h6,12H,7-11H2,1-5H3,(H,19,21,22). The quantitative estimate of drug-likeness (QED) is 0.875. The second kappa shape index (κ2) is 6.51. The highest BCUT2D eigenvalue weighted by atomic mass is 15.3. The lowest BCUT2D eigenvalue weighted by Crippen LogP contribution is -2.34. The maximum atomic E-state index is 4.54. The van der Waals surface area contributed by atoms with E-state index in [-0.39, 0.29) is 0 Å². The summed E-state index contributed by atoms with van der Waals surface area (Å²) in [5, 5.41) is 8.73. The van der Waals surface area contributed by atoms with E-state index in [0.717, 1.165) is 48.9 Å². The molecule has 130 valence electrons. The van der Waals surface area contributed by atoms with Gasteiger partial charge in [0.15, 0.2) is 5.65 Å². The number of aromatic nitrogens is 4. The summed E-state index contributed by atoms with van der Waals surface area (Å²) in [5.41, 5.74) is 2.75. The van der Waals surface area contributed by atoms with Gasteiger partial charge in [-0.2, -0.15) is 5.10 Å². The number of fused-ring (bicyclic) bond motifs is 1. The first kappa shape index (κ1) is 16.9. The van der Waals surface area contributed by atoms with Crippen LogP contribution in [-0.2, 0) is 7.05 Å².